The van der Waals surface area contributed by atoms with Crippen LogP contribution >= 0.6 is 0 Å². The van der Waals surface area contributed by atoms with Gasteiger partial charge >= 0.3 is 5.97 Å². The summed E-state index contributed by atoms with van der Waals surface area (Å²) in [6.45, 7) is 3.96. The Morgan fingerprint density at radius 1 is 1.37 bits per heavy atom. The quantitative estimate of drug-likeness (QED) is 0.698. The number of nitrogens with one attached hydrogen (secondary N) is 1. The predicted octanol–water partition coefficient (Wildman–Crippen LogP) is 0.673. The summed E-state index contributed by atoms with van der Waals surface area (Å²) in [5.74, 6) is -0.453. The summed E-state index contributed by atoms with van der Waals surface area (Å²) in [7, 11) is -0.441. The van der Waals surface area contributed by atoms with Gasteiger partial charge in [0.05, 0.1) is 19.0 Å². The lowest BCUT2D eigenvalue weighted by Gasteiger charge is -2.51. The number of esters is 1. The normalized spacial score (nSPS) is 25.7. The molecule has 1 rings (SSSR count). The van der Waals surface area contributed by atoms with Gasteiger partial charge in [-0.05, 0) is 12.8 Å². The molecule has 0 aromatic heterocycles. The van der Waals surface area contributed by atoms with Gasteiger partial charge in [-0.2, -0.15) is 0 Å². The summed E-state index contributed by atoms with van der Waals surface area (Å²) in [6.07, 6.45) is 1.14. The second kappa shape index (κ2) is 6.19. The largest absolute Gasteiger partial charge is 0.469 e. The first-order chi connectivity index (χ1) is 8.73. The van der Waals surface area contributed by atoms with E-state index in [-0.39, 0.29) is 36.2 Å². The number of hydrogen-bond acceptors (Lipinski definition) is 5. The Labute approximate surface area is 114 Å². The number of carbonyl (C=O) groups excluding carboxylic acids is 1. The Balaban J connectivity index is 2.42. The zero-order chi connectivity index (χ0) is 14.7. The molecular weight excluding hydrogens is 270 g/mol. The molecule has 0 saturated heterocycles. The third-order valence-electron chi connectivity index (χ3n) is 3.81. The zero-order valence-electron chi connectivity index (χ0n) is 11.9. The Hall–Kier alpha value is -0.660. The van der Waals surface area contributed by atoms with E-state index < -0.39 is 16.0 Å². The van der Waals surface area contributed by atoms with Gasteiger partial charge in [-0.15, -0.1) is 0 Å². The van der Waals surface area contributed by atoms with Gasteiger partial charge in [0.1, 0.15) is 0 Å². The molecule has 1 fully saturated rings. The van der Waals surface area contributed by atoms with Crippen molar-refractivity contribution in [3.8, 4) is 0 Å². The minimum absolute atomic E-state index is 0.0632. The fourth-order valence-electron chi connectivity index (χ4n) is 2.27. The molecule has 112 valence electrons. The SMILES string of the molecule is COC(=O)CCCS(=O)(=O)NC1CC(OC)C1(C)C. The summed E-state index contributed by atoms with van der Waals surface area (Å²) in [4.78, 5) is 10.9. The first kappa shape index (κ1) is 16.4. The average molecular weight is 293 g/mol. The molecule has 0 bridgehead atoms. The van der Waals surface area contributed by atoms with E-state index in [1.807, 2.05) is 13.8 Å². The molecule has 2 unspecified atom stereocenters. The molecule has 0 amide bonds. The Morgan fingerprint density at radius 3 is 2.47 bits per heavy atom. The van der Waals surface area contributed by atoms with E-state index in [4.69, 9.17) is 4.74 Å². The highest BCUT2D eigenvalue weighted by Crippen LogP contribution is 2.42. The first-order valence-electron chi connectivity index (χ1n) is 6.32. The van der Waals surface area contributed by atoms with Crippen LogP contribution in [-0.2, 0) is 24.3 Å². The number of methoxy groups -OCH3 is 2. The van der Waals surface area contributed by atoms with Crippen LogP contribution in [0.15, 0.2) is 0 Å². The van der Waals surface area contributed by atoms with E-state index in [1.165, 1.54) is 7.11 Å². The lowest BCUT2D eigenvalue weighted by atomic mass is 9.65. The van der Waals surface area contributed by atoms with Crippen molar-refractivity contribution in [1.29, 1.82) is 0 Å². The molecule has 0 aromatic rings. The van der Waals surface area contributed by atoms with Crippen molar-refractivity contribution >= 4 is 16.0 Å². The van der Waals surface area contributed by atoms with Crippen molar-refractivity contribution in [3.05, 3.63) is 0 Å². The van der Waals surface area contributed by atoms with Crippen LogP contribution in [0, 0.1) is 5.41 Å². The molecule has 1 aliphatic carbocycles. The predicted molar refractivity (Wildman–Crippen MR) is 71.2 cm³/mol. The van der Waals surface area contributed by atoms with E-state index in [2.05, 4.69) is 9.46 Å². The molecule has 0 radical (unpaired) electrons. The molecule has 0 aromatic carbocycles. The van der Waals surface area contributed by atoms with Gasteiger partial charge in [-0.3, -0.25) is 4.79 Å². The second-order valence-corrected chi connectivity index (χ2v) is 7.32. The molecule has 0 aliphatic heterocycles. The van der Waals surface area contributed by atoms with E-state index >= 15 is 0 Å². The Kier molecular flexibility index (Phi) is 5.34. The molecule has 19 heavy (non-hydrogen) atoms. The minimum atomic E-state index is -3.36. The average Bonchev–Trinajstić information content (AvgIpc) is 2.33. The Bertz CT molecular complexity index is 418. The number of hydrogen-bond donors (Lipinski definition) is 1. The highest BCUT2D eigenvalue weighted by Gasteiger charge is 2.49. The zero-order valence-corrected chi connectivity index (χ0v) is 12.7. The smallest absolute Gasteiger partial charge is 0.305 e. The first-order valence-corrected chi connectivity index (χ1v) is 7.97. The van der Waals surface area contributed by atoms with Crippen molar-refractivity contribution in [2.75, 3.05) is 20.0 Å². The maximum absolute atomic E-state index is 11.9. The topological polar surface area (TPSA) is 81.7 Å². The van der Waals surface area contributed by atoms with Crippen molar-refractivity contribution < 1.29 is 22.7 Å². The van der Waals surface area contributed by atoms with Gasteiger partial charge in [0, 0.05) is 25.0 Å². The molecule has 1 aliphatic rings. The van der Waals surface area contributed by atoms with Crippen molar-refractivity contribution in [1.82, 2.24) is 4.72 Å². The highest BCUT2D eigenvalue weighted by molar-refractivity contribution is 7.89. The third-order valence-corrected chi connectivity index (χ3v) is 5.28. The summed E-state index contributed by atoms with van der Waals surface area (Å²) in [6, 6.07) is -0.111. The minimum Gasteiger partial charge on any atom is -0.469 e. The highest BCUT2D eigenvalue weighted by atomic mass is 32.2. The van der Waals surface area contributed by atoms with Crippen LogP contribution < -0.4 is 4.72 Å². The van der Waals surface area contributed by atoms with Gasteiger partial charge in [0.15, 0.2) is 0 Å². The van der Waals surface area contributed by atoms with Crippen molar-refractivity contribution in [3.63, 3.8) is 0 Å². The van der Waals surface area contributed by atoms with Gasteiger partial charge in [-0.1, -0.05) is 13.8 Å². The molecule has 2 atom stereocenters. The lowest BCUT2D eigenvalue weighted by Crippen LogP contribution is -2.61. The van der Waals surface area contributed by atoms with Gasteiger partial charge in [0.2, 0.25) is 10.0 Å². The summed E-state index contributed by atoms with van der Waals surface area (Å²) >= 11 is 0. The summed E-state index contributed by atoms with van der Waals surface area (Å²) in [5, 5.41) is 0. The maximum Gasteiger partial charge on any atom is 0.305 e. The molecular formula is C12H23NO5S. The molecule has 1 N–H and O–H groups in total. The molecule has 0 spiro atoms. The van der Waals surface area contributed by atoms with Crippen LogP contribution in [0.1, 0.15) is 33.1 Å². The van der Waals surface area contributed by atoms with Crippen LogP contribution in [0.5, 0.6) is 0 Å². The number of rotatable bonds is 7. The fraction of sp³-hybridized carbons (Fsp3) is 0.917. The fourth-order valence-corrected chi connectivity index (χ4v) is 3.75. The van der Waals surface area contributed by atoms with Crippen molar-refractivity contribution in [2.24, 2.45) is 5.41 Å². The standard InChI is InChI=1S/C12H23NO5S/c1-12(2)9(8-10(12)17-3)13-19(15,16)7-5-6-11(14)18-4/h9-10,13H,5-8H2,1-4H3. The van der Waals surface area contributed by atoms with E-state index in [9.17, 15) is 13.2 Å². The Morgan fingerprint density at radius 2 is 2.00 bits per heavy atom. The van der Waals surface area contributed by atoms with Crippen LogP contribution in [0.3, 0.4) is 0 Å². The van der Waals surface area contributed by atoms with Crippen LogP contribution in [0.25, 0.3) is 0 Å². The molecule has 7 heteroatoms. The van der Waals surface area contributed by atoms with Crippen LogP contribution in [0.2, 0.25) is 0 Å². The monoisotopic (exact) mass is 293 g/mol. The summed E-state index contributed by atoms with van der Waals surface area (Å²) in [5.41, 5.74) is -0.204. The van der Waals surface area contributed by atoms with E-state index in [1.54, 1.807) is 7.11 Å². The molecule has 0 heterocycles. The van der Waals surface area contributed by atoms with Gasteiger partial charge in [0.25, 0.3) is 0 Å². The second-order valence-electron chi connectivity index (χ2n) is 5.45. The number of sulfonamides is 1. The van der Waals surface area contributed by atoms with E-state index in [0.717, 1.165) is 0 Å². The van der Waals surface area contributed by atoms with E-state index in [0.29, 0.717) is 6.42 Å². The number of carbonyl (C=O) groups is 1. The number of ether oxygens (including phenoxy) is 2. The van der Waals surface area contributed by atoms with Crippen LogP contribution in [0.4, 0.5) is 0 Å². The third kappa shape index (κ3) is 4.15. The maximum atomic E-state index is 11.9. The molecule has 1 saturated carbocycles. The van der Waals surface area contributed by atoms with Crippen molar-refractivity contribution in [2.45, 2.75) is 45.3 Å². The van der Waals surface area contributed by atoms with Crippen LogP contribution in [-0.4, -0.2) is 46.5 Å². The summed E-state index contributed by atoms with van der Waals surface area (Å²) < 4.78 is 36.2. The van der Waals surface area contributed by atoms with Gasteiger partial charge in [-0.25, -0.2) is 13.1 Å². The lowest BCUT2D eigenvalue weighted by molar-refractivity contribution is -0.140. The van der Waals surface area contributed by atoms with Gasteiger partial charge < -0.3 is 9.47 Å². The molecule has 6 nitrogen and oxygen atoms in total.